The molecule has 0 fully saturated rings. The lowest BCUT2D eigenvalue weighted by molar-refractivity contribution is -0.141. The Bertz CT molecular complexity index is 218. The molecule has 2 N–H and O–H groups in total. The van der Waals surface area contributed by atoms with E-state index in [1.807, 2.05) is 6.92 Å². The summed E-state index contributed by atoms with van der Waals surface area (Å²) in [6, 6.07) is 0. The van der Waals surface area contributed by atoms with E-state index in [-0.39, 0.29) is 12.5 Å². The maximum Gasteiger partial charge on any atom is 0.308 e. The fourth-order valence-corrected chi connectivity index (χ4v) is 1.36. The molecular formula is C11H21NO4. The van der Waals surface area contributed by atoms with Gasteiger partial charge in [0.05, 0.1) is 5.92 Å². The summed E-state index contributed by atoms with van der Waals surface area (Å²) in [4.78, 5) is 22.1. The molecule has 0 radical (unpaired) electrons. The first-order valence-corrected chi connectivity index (χ1v) is 5.60. The molecule has 0 aromatic carbocycles. The number of amides is 1. The van der Waals surface area contributed by atoms with Crippen molar-refractivity contribution in [1.82, 2.24) is 5.32 Å². The minimum Gasteiger partial charge on any atom is -0.481 e. The van der Waals surface area contributed by atoms with E-state index >= 15 is 0 Å². The number of hydrogen-bond acceptors (Lipinski definition) is 3. The number of carbonyl (C=O) groups is 2. The molecule has 0 heterocycles. The molecule has 0 aromatic rings. The maximum atomic E-state index is 11.3. The van der Waals surface area contributed by atoms with Gasteiger partial charge in [0.15, 0.2) is 0 Å². The van der Waals surface area contributed by atoms with Gasteiger partial charge in [-0.1, -0.05) is 13.3 Å². The van der Waals surface area contributed by atoms with Gasteiger partial charge in [-0.3, -0.25) is 9.59 Å². The molecule has 0 aliphatic rings. The number of ether oxygens (including phenoxy) is 1. The molecule has 0 saturated heterocycles. The minimum atomic E-state index is -0.848. The summed E-state index contributed by atoms with van der Waals surface area (Å²) in [6.45, 7) is 2.69. The van der Waals surface area contributed by atoms with Crippen LogP contribution in [0.25, 0.3) is 0 Å². The Morgan fingerprint density at radius 1 is 1.44 bits per heavy atom. The zero-order chi connectivity index (χ0) is 12.4. The van der Waals surface area contributed by atoms with Crippen molar-refractivity contribution >= 4 is 11.9 Å². The summed E-state index contributed by atoms with van der Waals surface area (Å²) in [6.07, 6.45) is 2.43. The molecule has 5 heteroatoms. The Balaban J connectivity index is 3.74. The van der Waals surface area contributed by atoms with Crippen molar-refractivity contribution in [3.8, 4) is 0 Å². The highest BCUT2D eigenvalue weighted by Crippen LogP contribution is 2.05. The van der Waals surface area contributed by atoms with Crippen molar-refractivity contribution in [1.29, 1.82) is 0 Å². The van der Waals surface area contributed by atoms with Gasteiger partial charge in [-0.15, -0.1) is 0 Å². The standard InChI is InChI=1S/C11H21NO4/c1-3-5-9(11(14)15)8-12-10(13)6-4-7-16-2/h9H,3-8H2,1-2H3,(H,12,13)(H,14,15). The SMILES string of the molecule is CCCC(CNC(=O)CCCOC)C(=O)O. The molecule has 94 valence electrons. The highest BCUT2D eigenvalue weighted by atomic mass is 16.5. The van der Waals surface area contributed by atoms with E-state index < -0.39 is 11.9 Å². The molecule has 0 bridgehead atoms. The average molecular weight is 231 g/mol. The first kappa shape index (κ1) is 14.9. The molecule has 1 amide bonds. The van der Waals surface area contributed by atoms with Gasteiger partial charge in [0.2, 0.25) is 5.91 Å². The summed E-state index contributed by atoms with van der Waals surface area (Å²) >= 11 is 0. The van der Waals surface area contributed by atoms with Crippen LogP contribution in [0.3, 0.4) is 0 Å². The van der Waals surface area contributed by atoms with E-state index in [1.165, 1.54) is 0 Å². The smallest absolute Gasteiger partial charge is 0.308 e. The first-order valence-electron chi connectivity index (χ1n) is 5.60. The van der Waals surface area contributed by atoms with Crippen molar-refractivity contribution in [2.24, 2.45) is 5.92 Å². The van der Waals surface area contributed by atoms with Gasteiger partial charge in [-0.2, -0.15) is 0 Å². The molecule has 0 aliphatic carbocycles. The van der Waals surface area contributed by atoms with Gasteiger partial charge in [-0.05, 0) is 12.8 Å². The van der Waals surface area contributed by atoms with Crippen LogP contribution in [0.5, 0.6) is 0 Å². The number of hydrogen-bond donors (Lipinski definition) is 2. The maximum absolute atomic E-state index is 11.3. The molecule has 0 saturated carbocycles. The highest BCUT2D eigenvalue weighted by Gasteiger charge is 2.16. The summed E-state index contributed by atoms with van der Waals surface area (Å²) in [7, 11) is 1.58. The fraction of sp³-hybridized carbons (Fsp3) is 0.818. The van der Waals surface area contributed by atoms with E-state index in [1.54, 1.807) is 7.11 Å². The second-order valence-electron chi connectivity index (χ2n) is 3.72. The van der Waals surface area contributed by atoms with E-state index in [0.29, 0.717) is 25.9 Å². The summed E-state index contributed by atoms with van der Waals surface area (Å²) in [5.41, 5.74) is 0. The van der Waals surface area contributed by atoms with Crippen LogP contribution >= 0.6 is 0 Å². The quantitative estimate of drug-likeness (QED) is 0.581. The largest absolute Gasteiger partial charge is 0.481 e. The van der Waals surface area contributed by atoms with Crippen LogP contribution < -0.4 is 5.32 Å². The lowest BCUT2D eigenvalue weighted by Gasteiger charge is -2.12. The van der Waals surface area contributed by atoms with Gasteiger partial charge in [0.25, 0.3) is 0 Å². The third-order valence-corrected chi connectivity index (χ3v) is 2.28. The van der Waals surface area contributed by atoms with Crippen molar-refractivity contribution in [2.45, 2.75) is 32.6 Å². The predicted octanol–water partition coefficient (Wildman–Crippen LogP) is 1.03. The minimum absolute atomic E-state index is 0.112. The second-order valence-corrected chi connectivity index (χ2v) is 3.72. The number of carbonyl (C=O) groups excluding carboxylic acids is 1. The van der Waals surface area contributed by atoms with Crippen molar-refractivity contribution in [2.75, 3.05) is 20.3 Å². The number of carboxylic acids is 1. The van der Waals surface area contributed by atoms with E-state index in [9.17, 15) is 9.59 Å². The van der Waals surface area contributed by atoms with Gasteiger partial charge in [0, 0.05) is 26.7 Å². The number of aliphatic carboxylic acids is 1. The van der Waals surface area contributed by atoms with E-state index in [0.717, 1.165) is 6.42 Å². The summed E-state index contributed by atoms with van der Waals surface area (Å²) in [5, 5.41) is 11.5. The zero-order valence-electron chi connectivity index (χ0n) is 9.99. The van der Waals surface area contributed by atoms with Crippen molar-refractivity contribution < 1.29 is 19.4 Å². The molecule has 0 spiro atoms. The van der Waals surface area contributed by atoms with Crippen LogP contribution in [0.2, 0.25) is 0 Å². The van der Waals surface area contributed by atoms with Gasteiger partial charge in [0.1, 0.15) is 0 Å². The van der Waals surface area contributed by atoms with Crippen LogP contribution in [0.1, 0.15) is 32.6 Å². The third-order valence-electron chi connectivity index (χ3n) is 2.28. The second kappa shape index (κ2) is 9.15. The number of rotatable bonds is 9. The van der Waals surface area contributed by atoms with Gasteiger partial charge in [-0.25, -0.2) is 0 Å². The Morgan fingerprint density at radius 3 is 2.62 bits per heavy atom. The highest BCUT2D eigenvalue weighted by molar-refractivity contribution is 5.77. The number of carboxylic acid groups (broad SMARTS) is 1. The average Bonchev–Trinajstić information content (AvgIpc) is 2.24. The predicted molar refractivity (Wildman–Crippen MR) is 60.2 cm³/mol. The monoisotopic (exact) mass is 231 g/mol. The van der Waals surface area contributed by atoms with Crippen LogP contribution in [0.15, 0.2) is 0 Å². The third kappa shape index (κ3) is 7.23. The van der Waals surface area contributed by atoms with Crippen LogP contribution in [0, 0.1) is 5.92 Å². The van der Waals surface area contributed by atoms with Gasteiger partial charge < -0.3 is 15.2 Å². The number of methoxy groups -OCH3 is 1. The van der Waals surface area contributed by atoms with Gasteiger partial charge >= 0.3 is 5.97 Å². The Kier molecular flexibility index (Phi) is 8.52. The normalized spacial score (nSPS) is 12.1. The Labute approximate surface area is 96.2 Å². The van der Waals surface area contributed by atoms with E-state index in [4.69, 9.17) is 9.84 Å². The lowest BCUT2D eigenvalue weighted by Crippen LogP contribution is -2.32. The molecule has 0 aliphatic heterocycles. The zero-order valence-corrected chi connectivity index (χ0v) is 9.99. The van der Waals surface area contributed by atoms with Crippen molar-refractivity contribution in [3.05, 3.63) is 0 Å². The summed E-state index contributed by atoms with van der Waals surface area (Å²) in [5.74, 6) is -1.44. The molecule has 1 unspecified atom stereocenters. The number of nitrogens with one attached hydrogen (secondary N) is 1. The van der Waals surface area contributed by atoms with Crippen LogP contribution in [-0.2, 0) is 14.3 Å². The Hall–Kier alpha value is -1.10. The molecule has 5 nitrogen and oxygen atoms in total. The summed E-state index contributed by atoms with van der Waals surface area (Å²) < 4.78 is 4.82. The van der Waals surface area contributed by atoms with Crippen molar-refractivity contribution in [3.63, 3.8) is 0 Å². The van der Waals surface area contributed by atoms with Crippen LogP contribution in [-0.4, -0.2) is 37.2 Å². The lowest BCUT2D eigenvalue weighted by atomic mass is 10.0. The molecular weight excluding hydrogens is 210 g/mol. The fourth-order valence-electron chi connectivity index (χ4n) is 1.36. The molecule has 16 heavy (non-hydrogen) atoms. The van der Waals surface area contributed by atoms with E-state index in [2.05, 4.69) is 5.32 Å². The first-order chi connectivity index (χ1) is 7.61. The molecule has 0 rings (SSSR count). The molecule has 1 atom stereocenters. The molecule has 0 aromatic heterocycles. The topological polar surface area (TPSA) is 75.6 Å². The van der Waals surface area contributed by atoms with Crippen LogP contribution in [0.4, 0.5) is 0 Å². The Morgan fingerprint density at radius 2 is 2.12 bits per heavy atom.